The third-order valence-corrected chi connectivity index (χ3v) is 5.77. The molecule has 12 heteroatoms. The number of likely N-dealkylation sites (tertiary alicyclic amines) is 1. The lowest BCUT2D eigenvalue weighted by Crippen LogP contribution is -2.60. The summed E-state index contributed by atoms with van der Waals surface area (Å²) in [6.07, 6.45) is 3.45. The fourth-order valence-electron chi connectivity index (χ4n) is 3.92. The van der Waals surface area contributed by atoms with E-state index in [9.17, 15) is 29.9 Å². The van der Waals surface area contributed by atoms with Crippen molar-refractivity contribution in [1.82, 2.24) is 14.9 Å². The number of hydrogen-bond acceptors (Lipinski definition) is 8. The molecule has 2 heterocycles. The number of hydrogen-bond donors (Lipinski definition) is 6. The first-order valence-corrected chi connectivity index (χ1v) is 9.89. The second kappa shape index (κ2) is 8.21. The van der Waals surface area contributed by atoms with Crippen LogP contribution < -0.4 is 10.5 Å². The van der Waals surface area contributed by atoms with Gasteiger partial charge in [-0.15, -0.1) is 0 Å². The number of benzene rings is 1. The maximum atomic E-state index is 12.4. The van der Waals surface area contributed by atoms with Crippen LogP contribution in [0.25, 0.3) is 0 Å². The van der Waals surface area contributed by atoms with Gasteiger partial charge in [0.25, 0.3) is 0 Å². The van der Waals surface area contributed by atoms with Crippen LogP contribution in [0.15, 0.2) is 24.7 Å². The van der Waals surface area contributed by atoms with Crippen LogP contribution in [0, 0.1) is 0 Å². The van der Waals surface area contributed by atoms with Crippen molar-refractivity contribution >= 4 is 19.0 Å². The summed E-state index contributed by atoms with van der Waals surface area (Å²) in [6.45, 7) is 0.497. The Morgan fingerprint density at radius 3 is 2.68 bits per heavy atom. The van der Waals surface area contributed by atoms with Gasteiger partial charge in [0.15, 0.2) is 0 Å². The molecule has 0 radical (unpaired) electrons. The van der Waals surface area contributed by atoms with Gasteiger partial charge in [-0.3, -0.25) is 4.79 Å². The predicted molar refractivity (Wildman–Crippen MR) is 108 cm³/mol. The minimum atomic E-state index is -1.52. The Morgan fingerprint density at radius 1 is 1.35 bits per heavy atom. The van der Waals surface area contributed by atoms with Crippen molar-refractivity contribution < 1.29 is 34.6 Å². The van der Waals surface area contributed by atoms with E-state index in [1.165, 1.54) is 23.4 Å². The van der Waals surface area contributed by atoms with E-state index in [1.54, 1.807) is 6.20 Å². The van der Waals surface area contributed by atoms with E-state index in [4.69, 9.17) is 10.5 Å². The zero-order valence-electron chi connectivity index (χ0n) is 16.5. The molecule has 2 aromatic rings. The molecule has 1 amide bonds. The Labute approximate surface area is 177 Å². The Kier molecular flexibility index (Phi) is 5.61. The number of amides is 1. The van der Waals surface area contributed by atoms with E-state index in [1.807, 2.05) is 0 Å². The number of aromatic carboxylic acids is 1. The second-order valence-electron chi connectivity index (χ2n) is 7.97. The average Bonchev–Trinajstić information content (AvgIpc) is 3.32. The number of H-pyrrole nitrogens is 1. The monoisotopic (exact) mass is 430 g/mol. The summed E-state index contributed by atoms with van der Waals surface area (Å²) in [5.41, 5.74) is 6.68. The molecule has 164 valence electrons. The van der Waals surface area contributed by atoms with Crippen molar-refractivity contribution in [2.24, 2.45) is 5.73 Å². The lowest BCUT2D eigenvalue weighted by atomic mass is 9.81. The molecule has 1 aromatic heterocycles. The molecule has 1 saturated heterocycles. The summed E-state index contributed by atoms with van der Waals surface area (Å²) in [5.74, 6) is -2.79. The number of carbonyl (C=O) groups excluding carboxylic acids is 1. The first-order valence-electron chi connectivity index (χ1n) is 9.89. The number of aromatic hydroxyl groups is 1. The van der Waals surface area contributed by atoms with Crippen LogP contribution in [0.4, 0.5) is 0 Å². The highest BCUT2D eigenvalue weighted by Crippen LogP contribution is 2.56. The number of imidazole rings is 1. The van der Waals surface area contributed by atoms with Crippen molar-refractivity contribution in [2.45, 2.75) is 36.7 Å². The number of nitrogens with zero attached hydrogens (tertiary/aromatic N) is 2. The number of aromatic nitrogens is 2. The number of nitrogens with one attached hydrogen (secondary N) is 1. The van der Waals surface area contributed by atoms with Gasteiger partial charge in [0.05, 0.1) is 25.5 Å². The van der Waals surface area contributed by atoms with Crippen LogP contribution in [0.1, 0.15) is 34.0 Å². The first kappa shape index (κ1) is 21.2. The van der Waals surface area contributed by atoms with Crippen LogP contribution >= 0.6 is 0 Å². The topological polar surface area (TPSA) is 182 Å². The quantitative estimate of drug-likeness (QED) is 0.295. The van der Waals surface area contributed by atoms with Crippen LogP contribution in [-0.2, 0) is 11.2 Å². The van der Waals surface area contributed by atoms with Gasteiger partial charge in [0, 0.05) is 24.1 Å². The third kappa shape index (κ3) is 4.22. The number of carboxylic acid groups (broad SMARTS) is 1. The molecular weight excluding hydrogens is 407 g/mol. The fraction of sp³-hybridized carbons (Fsp3) is 0.421. The number of carbonyl (C=O) groups is 2. The molecule has 1 aliphatic carbocycles. The Hall–Kier alpha value is -3.09. The molecule has 31 heavy (non-hydrogen) atoms. The molecule has 0 spiro atoms. The smallest absolute Gasteiger partial charge is 0.455 e. The van der Waals surface area contributed by atoms with Gasteiger partial charge in [-0.2, -0.15) is 0 Å². The molecular formula is C19H23BN4O7. The van der Waals surface area contributed by atoms with Gasteiger partial charge < -0.3 is 40.6 Å². The number of ether oxygens (including phenoxy) is 1. The number of carboxylic acids is 1. The zero-order valence-corrected chi connectivity index (χ0v) is 16.5. The molecule has 3 atom stereocenters. The van der Waals surface area contributed by atoms with Crippen LogP contribution in [0.5, 0.6) is 11.5 Å². The first-order chi connectivity index (χ1) is 14.8. The van der Waals surface area contributed by atoms with E-state index in [-0.39, 0.29) is 36.2 Å². The van der Waals surface area contributed by atoms with E-state index >= 15 is 0 Å². The van der Waals surface area contributed by atoms with Gasteiger partial charge in [0.1, 0.15) is 23.2 Å². The van der Waals surface area contributed by atoms with Gasteiger partial charge in [0.2, 0.25) is 5.91 Å². The summed E-state index contributed by atoms with van der Waals surface area (Å²) in [4.78, 5) is 32.5. The molecule has 1 saturated carbocycles. The van der Waals surface area contributed by atoms with E-state index in [0.29, 0.717) is 18.4 Å². The molecule has 0 bridgehead atoms. The highest BCUT2D eigenvalue weighted by Gasteiger charge is 2.48. The minimum Gasteiger partial charge on any atom is -0.507 e. The Morgan fingerprint density at radius 2 is 2.10 bits per heavy atom. The molecule has 4 rings (SSSR count). The molecule has 7 N–H and O–H groups in total. The molecule has 2 aliphatic rings. The van der Waals surface area contributed by atoms with Crippen LogP contribution in [0.2, 0.25) is 5.82 Å². The Balaban J connectivity index is 1.38. The SMILES string of the molecule is N[C@@H](Cc1cnc[nH]1)C(=O)N1CC(Oc2ccc(C3CC3B(O)O)c(O)c2C(=O)O)C1. The largest absolute Gasteiger partial charge is 0.507 e. The van der Waals surface area contributed by atoms with E-state index < -0.39 is 36.8 Å². The van der Waals surface area contributed by atoms with Crippen molar-refractivity contribution in [3.05, 3.63) is 41.5 Å². The lowest BCUT2D eigenvalue weighted by molar-refractivity contribution is -0.141. The van der Waals surface area contributed by atoms with E-state index in [0.717, 1.165) is 5.69 Å². The lowest BCUT2D eigenvalue weighted by Gasteiger charge is -2.40. The molecule has 11 nitrogen and oxygen atoms in total. The van der Waals surface area contributed by atoms with Crippen LogP contribution in [-0.4, -0.2) is 79.4 Å². The van der Waals surface area contributed by atoms with Crippen LogP contribution in [0.3, 0.4) is 0 Å². The number of phenols is 1. The molecule has 1 aromatic carbocycles. The number of rotatable bonds is 8. The molecule has 2 fully saturated rings. The average molecular weight is 430 g/mol. The number of nitrogens with two attached hydrogens (primary N) is 1. The minimum absolute atomic E-state index is 0.00523. The van der Waals surface area contributed by atoms with Crippen molar-refractivity contribution in [2.75, 3.05) is 13.1 Å². The van der Waals surface area contributed by atoms with Crippen molar-refractivity contribution in [3.63, 3.8) is 0 Å². The zero-order chi connectivity index (χ0) is 22.3. The van der Waals surface area contributed by atoms with Gasteiger partial charge >= 0.3 is 13.1 Å². The number of aromatic amines is 1. The molecule has 2 unspecified atom stereocenters. The van der Waals surface area contributed by atoms with E-state index in [2.05, 4.69) is 9.97 Å². The normalized spacial score (nSPS) is 21.3. The highest BCUT2D eigenvalue weighted by molar-refractivity contribution is 6.44. The summed E-state index contributed by atoms with van der Waals surface area (Å²) in [6, 6.07) is 2.26. The van der Waals surface area contributed by atoms with Gasteiger partial charge in [-0.05, 0) is 24.0 Å². The second-order valence-corrected chi connectivity index (χ2v) is 7.97. The fourth-order valence-corrected chi connectivity index (χ4v) is 3.92. The Bertz CT molecular complexity index is 978. The maximum Gasteiger partial charge on any atom is 0.455 e. The molecule has 1 aliphatic heterocycles. The third-order valence-electron chi connectivity index (χ3n) is 5.77. The van der Waals surface area contributed by atoms with Crippen molar-refractivity contribution in [1.29, 1.82) is 0 Å². The highest BCUT2D eigenvalue weighted by atomic mass is 16.5. The predicted octanol–water partition coefficient (Wildman–Crippen LogP) is -0.697. The summed E-state index contributed by atoms with van der Waals surface area (Å²) in [5, 5.41) is 38.6. The van der Waals surface area contributed by atoms with Gasteiger partial charge in [-0.25, -0.2) is 9.78 Å². The maximum absolute atomic E-state index is 12.4. The summed E-state index contributed by atoms with van der Waals surface area (Å²) in [7, 11) is -1.52. The standard InChI is InChI=1S/C19H23BN4O7/c21-14(3-9-5-22-8-23-9)18(26)24-6-10(7-24)31-15-2-1-11(12-4-13(12)20(29)30)17(25)16(15)19(27)28/h1-2,5,8,10,12-14,25,29-30H,3-4,6-7,21H2,(H,22,23)(H,27,28)/t12?,13?,14-/m0/s1. The summed E-state index contributed by atoms with van der Waals surface area (Å²) < 4.78 is 5.73. The summed E-state index contributed by atoms with van der Waals surface area (Å²) >= 11 is 0. The van der Waals surface area contributed by atoms with Crippen molar-refractivity contribution in [3.8, 4) is 11.5 Å². The van der Waals surface area contributed by atoms with Gasteiger partial charge in [-0.1, -0.05) is 6.07 Å².